The van der Waals surface area contributed by atoms with Gasteiger partial charge in [-0.15, -0.1) is 11.8 Å². The van der Waals surface area contributed by atoms with E-state index in [4.69, 9.17) is 0 Å². The van der Waals surface area contributed by atoms with Crippen LogP contribution in [0.3, 0.4) is 0 Å². The van der Waals surface area contributed by atoms with E-state index in [0.29, 0.717) is 5.92 Å². The van der Waals surface area contributed by atoms with Gasteiger partial charge >= 0.3 is 0 Å². The van der Waals surface area contributed by atoms with Crippen molar-refractivity contribution < 1.29 is 0 Å². The van der Waals surface area contributed by atoms with Gasteiger partial charge in [0, 0.05) is 35.7 Å². The molecule has 0 aliphatic carbocycles. The van der Waals surface area contributed by atoms with Gasteiger partial charge in [-0.25, -0.2) is 0 Å². The first-order chi connectivity index (χ1) is 8.86. The summed E-state index contributed by atoms with van der Waals surface area (Å²) in [6, 6.07) is 8.86. The number of nitrogens with zero attached hydrogens (tertiary/aromatic N) is 1. The van der Waals surface area contributed by atoms with Crippen LogP contribution in [-0.4, -0.2) is 23.9 Å². The fraction of sp³-hybridized carbons (Fsp3) is 0.467. The zero-order valence-corrected chi connectivity index (χ0v) is 11.9. The molecule has 0 radical (unpaired) electrons. The van der Waals surface area contributed by atoms with Crippen LogP contribution in [0.5, 0.6) is 0 Å². The molecule has 0 fully saturated rings. The number of para-hydroxylation sites is 1. The highest BCUT2D eigenvalue weighted by molar-refractivity contribution is 7.99. The highest BCUT2D eigenvalue weighted by atomic mass is 32.2. The molecular formula is C15H20N2S. The lowest BCUT2D eigenvalue weighted by Gasteiger charge is -2.23. The van der Waals surface area contributed by atoms with Gasteiger partial charge in [-0.1, -0.05) is 18.2 Å². The maximum Gasteiger partial charge on any atom is 0.0794 e. The van der Waals surface area contributed by atoms with Gasteiger partial charge in [0.25, 0.3) is 0 Å². The third kappa shape index (κ3) is 1.77. The van der Waals surface area contributed by atoms with E-state index in [0.717, 1.165) is 13.1 Å². The second kappa shape index (κ2) is 4.98. The molecule has 3 rings (SSSR count). The van der Waals surface area contributed by atoms with Crippen molar-refractivity contribution in [2.45, 2.75) is 30.8 Å². The number of likely N-dealkylation sites (N-methyl/N-ethyl adjacent to an activating group) is 1. The first-order valence-corrected chi connectivity index (χ1v) is 7.74. The minimum absolute atomic E-state index is 0.670. The van der Waals surface area contributed by atoms with E-state index in [1.54, 1.807) is 5.56 Å². The normalized spacial score (nSPS) is 19.1. The molecule has 96 valence electrons. The SMILES string of the molecule is CCn1c2c(c3ccccc31)C(CNC)CCS2. The van der Waals surface area contributed by atoms with Crippen LogP contribution >= 0.6 is 11.8 Å². The number of nitrogens with one attached hydrogen (secondary N) is 1. The third-order valence-electron chi connectivity index (χ3n) is 3.84. The Labute approximate surface area is 113 Å². The van der Waals surface area contributed by atoms with Crippen LogP contribution in [0.2, 0.25) is 0 Å². The molecule has 2 nitrogen and oxygen atoms in total. The zero-order chi connectivity index (χ0) is 12.5. The van der Waals surface area contributed by atoms with Crippen molar-refractivity contribution in [1.82, 2.24) is 9.88 Å². The summed E-state index contributed by atoms with van der Waals surface area (Å²) in [6.45, 7) is 4.40. The number of hydrogen-bond acceptors (Lipinski definition) is 2. The maximum atomic E-state index is 3.35. The lowest BCUT2D eigenvalue weighted by molar-refractivity contribution is 0.587. The summed E-state index contributed by atoms with van der Waals surface area (Å²) in [5.41, 5.74) is 2.98. The molecule has 1 aliphatic rings. The van der Waals surface area contributed by atoms with Crippen molar-refractivity contribution in [3.05, 3.63) is 29.8 Å². The van der Waals surface area contributed by atoms with E-state index in [-0.39, 0.29) is 0 Å². The van der Waals surface area contributed by atoms with Crippen molar-refractivity contribution in [3.8, 4) is 0 Å². The Morgan fingerprint density at radius 2 is 2.22 bits per heavy atom. The molecule has 2 heterocycles. The molecule has 1 aromatic heterocycles. The lowest BCUT2D eigenvalue weighted by Crippen LogP contribution is -2.20. The van der Waals surface area contributed by atoms with Crippen molar-refractivity contribution in [1.29, 1.82) is 0 Å². The topological polar surface area (TPSA) is 17.0 Å². The van der Waals surface area contributed by atoms with Gasteiger partial charge in [-0.2, -0.15) is 0 Å². The zero-order valence-electron chi connectivity index (χ0n) is 11.1. The number of hydrogen-bond donors (Lipinski definition) is 1. The standard InChI is InChI=1S/C15H20N2S/c1-3-17-13-7-5-4-6-12(13)14-11(10-16-2)8-9-18-15(14)17/h4-7,11,16H,3,8-10H2,1-2H3. The summed E-state index contributed by atoms with van der Waals surface area (Å²) in [4.78, 5) is 0. The van der Waals surface area contributed by atoms with Crippen LogP contribution in [0.15, 0.2) is 29.3 Å². The number of benzene rings is 1. The first kappa shape index (κ1) is 12.1. The van der Waals surface area contributed by atoms with Gasteiger partial charge in [0.1, 0.15) is 0 Å². The fourth-order valence-electron chi connectivity index (χ4n) is 3.06. The van der Waals surface area contributed by atoms with Crippen LogP contribution in [0, 0.1) is 0 Å². The van der Waals surface area contributed by atoms with Crippen molar-refractivity contribution in [2.24, 2.45) is 0 Å². The number of aromatic nitrogens is 1. The molecular weight excluding hydrogens is 240 g/mol. The van der Waals surface area contributed by atoms with Crippen molar-refractivity contribution >= 4 is 22.7 Å². The Morgan fingerprint density at radius 3 is 3.00 bits per heavy atom. The molecule has 3 heteroatoms. The van der Waals surface area contributed by atoms with Gasteiger partial charge in [0.05, 0.1) is 5.03 Å². The monoisotopic (exact) mass is 260 g/mol. The van der Waals surface area contributed by atoms with Crippen molar-refractivity contribution in [3.63, 3.8) is 0 Å². The first-order valence-electron chi connectivity index (χ1n) is 6.75. The average molecular weight is 260 g/mol. The highest BCUT2D eigenvalue weighted by Gasteiger charge is 2.26. The van der Waals surface area contributed by atoms with Gasteiger partial charge in [0.2, 0.25) is 0 Å². The third-order valence-corrected chi connectivity index (χ3v) is 4.99. The van der Waals surface area contributed by atoms with Gasteiger partial charge in [-0.05, 0) is 32.0 Å². The second-order valence-electron chi connectivity index (χ2n) is 4.87. The van der Waals surface area contributed by atoms with E-state index in [2.05, 4.69) is 48.1 Å². The summed E-state index contributed by atoms with van der Waals surface area (Å²) in [5, 5.41) is 6.32. The van der Waals surface area contributed by atoms with Crippen molar-refractivity contribution in [2.75, 3.05) is 19.3 Å². The van der Waals surface area contributed by atoms with Gasteiger partial charge in [-0.3, -0.25) is 0 Å². The predicted molar refractivity (Wildman–Crippen MR) is 79.6 cm³/mol. The maximum absolute atomic E-state index is 3.35. The molecule has 18 heavy (non-hydrogen) atoms. The van der Waals surface area contributed by atoms with Gasteiger partial charge in [0.15, 0.2) is 0 Å². The number of fused-ring (bicyclic) bond motifs is 3. The average Bonchev–Trinajstić information content (AvgIpc) is 2.74. The smallest absolute Gasteiger partial charge is 0.0794 e. The number of aryl methyl sites for hydroxylation is 1. The van der Waals surface area contributed by atoms with E-state index in [1.165, 1.54) is 28.1 Å². The van der Waals surface area contributed by atoms with Crippen LogP contribution < -0.4 is 5.32 Å². The summed E-state index contributed by atoms with van der Waals surface area (Å²) in [7, 11) is 2.06. The lowest BCUT2D eigenvalue weighted by atomic mass is 9.95. The molecule has 0 saturated heterocycles. The predicted octanol–water partition coefficient (Wildman–Crippen LogP) is 3.46. The van der Waals surface area contributed by atoms with Crippen LogP contribution in [-0.2, 0) is 6.54 Å². The van der Waals surface area contributed by atoms with E-state index >= 15 is 0 Å². The summed E-state index contributed by atoms with van der Waals surface area (Å²) >= 11 is 2.03. The summed E-state index contributed by atoms with van der Waals surface area (Å²) in [6.07, 6.45) is 1.29. The molecule has 2 aromatic rings. The number of rotatable bonds is 3. The minimum Gasteiger partial charge on any atom is -0.336 e. The molecule has 0 bridgehead atoms. The van der Waals surface area contributed by atoms with Crippen LogP contribution in [0.1, 0.15) is 24.8 Å². The second-order valence-corrected chi connectivity index (χ2v) is 5.96. The van der Waals surface area contributed by atoms with Gasteiger partial charge < -0.3 is 9.88 Å². The Bertz CT molecular complexity index is 559. The molecule has 1 aromatic carbocycles. The summed E-state index contributed by atoms with van der Waals surface area (Å²) < 4.78 is 2.48. The number of thioether (sulfide) groups is 1. The van der Waals surface area contributed by atoms with E-state index < -0.39 is 0 Å². The molecule has 0 amide bonds. The molecule has 1 unspecified atom stereocenters. The van der Waals surface area contributed by atoms with E-state index in [1.807, 2.05) is 11.8 Å². The van der Waals surface area contributed by atoms with E-state index in [9.17, 15) is 0 Å². The summed E-state index contributed by atoms with van der Waals surface area (Å²) in [5.74, 6) is 1.92. The largest absolute Gasteiger partial charge is 0.336 e. The fourth-order valence-corrected chi connectivity index (χ4v) is 4.47. The molecule has 1 atom stereocenters. The van der Waals surface area contributed by atoms with Crippen LogP contribution in [0.4, 0.5) is 0 Å². The molecule has 0 saturated carbocycles. The Kier molecular flexibility index (Phi) is 3.35. The Balaban J connectivity index is 2.24. The highest BCUT2D eigenvalue weighted by Crippen LogP contribution is 2.43. The van der Waals surface area contributed by atoms with Crippen LogP contribution in [0.25, 0.3) is 10.9 Å². The quantitative estimate of drug-likeness (QED) is 0.910. The Hall–Kier alpha value is -0.930. The molecule has 0 spiro atoms. The molecule has 1 N–H and O–H groups in total. The Morgan fingerprint density at radius 1 is 1.39 bits per heavy atom. The minimum atomic E-state index is 0.670. The molecule has 1 aliphatic heterocycles.